The highest BCUT2D eigenvalue weighted by Gasteiger charge is 2.23. The highest BCUT2D eigenvalue weighted by Crippen LogP contribution is 2.34. The van der Waals surface area contributed by atoms with E-state index in [4.69, 9.17) is 16.3 Å². The molecule has 0 aromatic heterocycles. The Morgan fingerprint density at radius 2 is 2.12 bits per heavy atom. The molecule has 0 fully saturated rings. The van der Waals surface area contributed by atoms with Gasteiger partial charge in [0.25, 0.3) is 11.6 Å². The van der Waals surface area contributed by atoms with Crippen LogP contribution in [0, 0.1) is 10.1 Å². The first-order chi connectivity index (χ1) is 11.8. The fraction of sp³-hybridized carbons (Fsp3) is 0.125. The first-order valence-corrected chi connectivity index (χ1v) is 7.53. The second kappa shape index (κ2) is 6.40. The third-order valence-corrected chi connectivity index (χ3v) is 3.72. The Balaban J connectivity index is 1.92. The number of fused-ring (bicyclic) bond motifs is 1. The van der Waals surface area contributed by atoms with E-state index in [0.717, 1.165) is 6.07 Å². The van der Waals surface area contributed by atoms with Gasteiger partial charge in [0, 0.05) is 17.3 Å². The van der Waals surface area contributed by atoms with Crippen molar-refractivity contribution in [2.75, 3.05) is 5.32 Å². The van der Waals surface area contributed by atoms with Crippen molar-refractivity contribution in [3.63, 3.8) is 0 Å². The molecule has 2 aromatic carbocycles. The number of rotatable bonds is 3. The number of nitro groups is 1. The van der Waals surface area contributed by atoms with Crippen molar-refractivity contribution in [1.82, 2.24) is 0 Å². The summed E-state index contributed by atoms with van der Waals surface area (Å²) < 4.78 is 5.43. The molecule has 0 saturated carbocycles. The van der Waals surface area contributed by atoms with Gasteiger partial charge < -0.3 is 15.2 Å². The number of halogens is 1. The van der Waals surface area contributed by atoms with Crippen LogP contribution in [0.4, 0.5) is 17.1 Å². The zero-order valence-electron chi connectivity index (χ0n) is 12.9. The molecular weight excluding hydrogens is 350 g/mol. The molecule has 1 aliphatic rings. The van der Waals surface area contributed by atoms with Crippen molar-refractivity contribution < 1.29 is 19.6 Å². The Morgan fingerprint density at radius 1 is 1.36 bits per heavy atom. The maximum absolute atomic E-state index is 12.0. The molecule has 1 amide bonds. The van der Waals surface area contributed by atoms with Crippen LogP contribution in [0.3, 0.4) is 0 Å². The third-order valence-electron chi connectivity index (χ3n) is 3.51. The average molecular weight is 361 g/mol. The SMILES string of the molecule is C[C@H]1Oc2ccc(N=Cc3cc(Cl)cc([N+](=O)[O-])c3[O-])cc2NC1=O. The molecule has 0 spiro atoms. The quantitative estimate of drug-likeness (QED) is 0.513. The lowest BCUT2D eigenvalue weighted by atomic mass is 10.2. The summed E-state index contributed by atoms with van der Waals surface area (Å²) in [4.78, 5) is 25.8. The topological polar surface area (TPSA) is 117 Å². The van der Waals surface area contributed by atoms with E-state index in [0.29, 0.717) is 17.1 Å². The molecule has 128 valence electrons. The third kappa shape index (κ3) is 3.38. The lowest BCUT2D eigenvalue weighted by molar-refractivity contribution is -0.398. The molecule has 9 heteroatoms. The van der Waals surface area contributed by atoms with Crippen LogP contribution in [0.2, 0.25) is 5.02 Å². The number of nitrogens with one attached hydrogen (secondary N) is 1. The lowest BCUT2D eigenvalue weighted by Gasteiger charge is -2.23. The molecule has 1 atom stereocenters. The Labute approximate surface area is 146 Å². The van der Waals surface area contributed by atoms with Crippen molar-refractivity contribution in [2.24, 2.45) is 4.99 Å². The number of hydrogen-bond donors (Lipinski definition) is 1. The second-order valence-corrected chi connectivity index (χ2v) is 5.72. The fourth-order valence-corrected chi connectivity index (χ4v) is 2.47. The van der Waals surface area contributed by atoms with Gasteiger partial charge in [0.1, 0.15) is 5.75 Å². The molecule has 0 bridgehead atoms. The van der Waals surface area contributed by atoms with Gasteiger partial charge in [-0.25, -0.2) is 0 Å². The van der Waals surface area contributed by atoms with E-state index in [1.165, 1.54) is 12.3 Å². The van der Waals surface area contributed by atoms with Gasteiger partial charge in [-0.05, 0) is 42.5 Å². The fourth-order valence-electron chi connectivity index (χ4n) is 2.25. The van der Waals surface area contributed by atoms with Crippen LogP contribution in [0.5, 0.6) is 11.5 Å². The van der Waals surface area contributed by atoms with Crippen LogP contribution >= 0.6 is 11.6 Å². The smallest absolute Gasteiger partial charge is 0.265 e. The van der Waals surface area contributed by atoms with Gasteiger partial charge in [0.05, 0.1) is 16.3 Å². The minimum absolute atomic E-state index is 0.00849. The number of hydrogen-bond acceptors (Lipinski definition) is 6. The van der Waals surface area contributed by atoms with E-state index in [-0.39, 0.29) is 16.5 Å². The molecule has 1 N–H and O–H groups in total. The summed E-state index contributed by atoms with van der Waals surface area (Å²) in [5.41, 5.74) is 0.260. The molecule has 0 radical (unpaired) electrons. The molecule has 0 aliphatic carbocycles. The van der Waals surface area contributed by atoms with Crippen LogP contribution in [-0.4, -0.2) is 23.1 Å². The zero-order valence-corrected chi connectivity index (χ0v) is 13.6. The standard InChI is InChI=1S/C16H12ClN3O5/c1-8-16(22)19-12-6-11(2-3-14(12)25-8)18-7-9-4-10(17)5-13(15(9)21)20(23)24/h2-8,21H,1H3,(H,19,22)/p-1/t8-/m1/s1. The minimum atomic E-state index is -0.793. The van der Waals surface area contributed by atoms with Crippen molar-refractivity contribution >= 4 is 40.8 Å². The monoisotopic (exact) mass is 360 g/mol. The number of anilines is 1. The van der Waals surface area contributed by atoms with Crippen molar-refractivity contribution in [1.29, 1.82) is 0 Å². The summed E-state index contributed by atoms with van der Waals surface area (Å²) in [5.74, 6) is -0.545. The Hall–Kier alpha value is -3.13. The van der Waals surface area contributed by atoms with Gasteiger partial charge in [0.15, 0.2) is 6.10 Å². The lowest BCUT2D eigenvalue weighted by Crippen LogP contribution is -2.34. The van der Waals surface area contributed by atoms with Crippen molar-refractivity contribution in [2.45, 2.75) is 13.0 Å². The van der Waals surface area contributed by atoms with Crippen LogP contribution in [-0.2, 0) is 4.79 Å². The number of nitrogens with zero attached hydrogens (tertiary/aromatic N) is 2. The molecule has 2 aromatic rings. The molecule has 0 saturated heterocycles. The molecular formula is C16H11ClN3O5-. The van der Waals surface area contributed by atoms with Gasteiger partial charge in [-0.2, -0.15) is 0 Å². The number of carbonyl (C=O) groups is 1. The summed E-state index contributed by atoms with van der Waals surface area (Å²) in [6, 6.07) is 7.12. The predicted octanol–water partition coefficient (Wildman–Crippen LogP) is 2.79. The van der Waals surface area contributed by atoms with Crippen LogP contribution < -0.4 is 15.2 Å². The first kappa shape index (κ1) is 16.7. The van der Waals surface area contributed by atoms with Gasteiger partial charge >= 0.3 is 0 Å². The van der Waals surface area contributed by atoms with Gasteiger partial charge in [-0.1, -0.05) is 11.6 Å². The summed E-state index contributed by atoms with van der Waals surface area (Å²) in [6.45, 7) is 1.63. The van der Waals surface area contributed by atoms with E-state index < -0.39 is 22.5 Å². The van der Waals surface area contributed by atoms with Crippen LogP contribution in [0.1, 0.15) is 12.5 Å². The van der Waals surface area contributed by atoms with Gasteiger partial charge in [-0.15, -0.1) is 0 Å². The van der Waals surface area contributed by atoms with Gasteiger partial charge in [-0.3, -0.25) is 19.9 Å². The predicted molar refractivity (Wildman–Crippen MR) is 90.0 cm³/mol. The number of ether oxygens (including phenoxy) is 1. The molecule has 1 aliphatic heterocycles. The second-order valence-electron chi connectivity index (χ2n) is 5.29. The number of carbonyl (C=O) groups excluding carboxylic acids is 1. The summed E-state index contributed by atoms with van der Waals surface area (Å²) in [6.07, 6.45) is 0.605. The summed E-state index contributed by atoms with van der Waals surface area (Å²) in [7, 11) is 0. The molecule has 0 unspecified atom stereocenters. The largest absolute Gasteiger partial charge is 0.867 e. The number of nitro benzene ring substituents is 1. The average Bonchev–Trinajstić information content (AvgIpc) is 2.56. The zero-order chi connectivity index (χ0) is 18.1. The summed E-state index contributed by atoms with van der Waals surface area (Å²) in [5, 5.41) is 25.6. The van der Waals surface area contributed by atoms with Crippen molar-refractivity contribution in [3.05, 3.63) is 51.0 Å². The molecule has 3 rings (SSSR count). The Morgan fingerprint density at radius 3 is 2.84 bits per heavy atom. The van der Waals surface area contributed by atoms with Gasteiger partial charge in [0.2, 0.25) is 0 Å². The van der Waals surface area contributed by atoms with E-state index >= 15 is 0 Å². The van der Waals surface area contributed by atoms with Crippen molar-refractivity contribution in [3.8, 4) is 11.5 Å². The first-order valence-electron chi connectivity index (χ1n) is 7.16. The van der Waals surface area contributed by atoms with Crippen LogP contribution in [0.15, 0.2) is 35.3 Å². The van der Waals surface area contributed by atoms with E-state index in [1.54, 1.807) is 25.1 Å². The normalized spacial score (nSPS) is 16.2. The van der Waals surface area contributed by atoms with E-state index in [9.17, 15) is 20.0 Å². The number of benzene rings is 2. The highest BCUT2D eigenvalue weighted by atomic mass is 35.5. The maximum atomic E-state index is 12.0. The Kier molecular flexibility index (Phi) is 4.28. The van der Waals surface area contributed by atoms with E-state index in [1.807, 2.05) is 0 Å². The number of amides is 1. The Bertz CT molecular complexity index is 913. The number of aliphatic imine (C=N–C) groups is 1. The maximum Gasteiger partial charge on any atom is 0.265 e. The van der Waals surface area contributed by atoms with Crippen LogP contribution in [0.25, 0.3) is 0 Å². The summed E-state index contributed by atoms with van der Waals surface area (Å²) >= 11 is 5.80. The molecule has 1 heterocycles. The molecule has 8 nitrogen and oxygen atoms in total. The highest BCUT2D eigenvalue weighted by molar-refractivity contribution is 6.31. The van der Waals surface area contributed by atoms with E-state index in [2.05, 4.69) is 10.3 Å². The minimum Gasteiger partial charge on any atom is -0.867 e. The molecule has 25 heavy (non-hydrogen) atoms.